The minimum Gasteiger partial charge on any atom is -0.394 e. The zero-order valence-corrected chi connectivity index (χ0v) is 55.0. The van der Waals surface area contributed by atoms with Crippen molar-refractivity contribution in [1.29, 1.82) is 0 Å². The summed E-state index contributed by atoms with van der Waals surface area (Å²) < 4.78 is 0. The molecule has 0 aliphatic rings. The number of nitrogens with one attached hydrogen (secondary N) is 1. The average Bonchev–Trinajstić information content (AvgIpc) is 3.45. The van der Waals surface area contributed by atoms with Gasteiger partial charge in [-0.1, -0.05) is 438 Å². The topological polar surface area (TPSA) is 69.6 Å². The molecule has 0 aromatic rings. The van der Waals surface area contributed by atoms with E-state index in [0.717, 1.165) is 25.7 Å². The van der Waals surface area contributed by atoms with E-state index in [1.54, 1.807) is 0 Å². The Bertz CT molecular complexity index is 1080. The van der Waals surface area contributed by atoms with Gasteiger partial charge in [-0.3, -0.25) is 4.79 Å². The molecule has 0 aliphatic carbocycles. The van der Waals surface area contributed by atoms with Gasteiger partial charge in [-0.05, 0) is 12.8 Å². The molecule has 2 atom stereocenters. The quantitative estimate of drug-likeness (QED) is 0.0532. The first-order valence-corrected chi connectivity index (χ1v) is 37.7. The van der Waals surface area contributed by atoms with E-state index in [1.165, 1.54) is 405 Å². The molecule has 2 unspecified atom stereocenters. The van der Waals surface area contributed by atoms with Gasteiger partial charge in [0.25, 0.3) is 0 Å². The van der Waals surface area contributed by atoms with Crippen LogP contribution >= 0.6 is 0 Å². The van der Waals surface area contributed by atoms with E-state index in [9.17, 15) is 15.0 Å². The second kappa shape index (κ2) is 71.7. The molecule has 0 aliphatic heterocycles. The second-order valence-electron chi connectivity index (χ2n) is 26.4. The summed E-state index contributed by atoms with van der Waals surface area (Å²) in [5, 5.41) is 23.5. The number of carbonyl (C=O) groups excluding carboxylic acids is 1. The molecule has 0 spiro atoms. The van der Waals surface area contributed by atoms with Gasteiger partial charge >= 0.3 is 0 Å². The van der Waals surface area contributed by atoms with Crippen LogP contribution in [0.5, 0.6) is 0 Å². The number of hydrogen-bond donors (Lipinski definition) is 3. The largest absolute Gasteiger partial charge is 0.394 e. The molecule has 474 valence electrons. The van der Waals surface area contributed by atoms with Gasteiger partial charge in [0.2, 0.25) is 5.91 Å². The molecule has 79 heavy (non-hydrogen) atoms. The lowest BCUT2D eigenvalue weighted by Crippen LogP contribution is -2.45. The first kappa shape index (κ1) is 78.4. The summed E-state index contributed by atoms with van der Waals surface area (Å²) in [6.45, 7) is 4.43. The van der Waals surface area contributed by atoms with E-state index in [0.29, 0.717) is 12.8 Å². The molecule has 0 rings (SSSR count). The Morgan fingerprint density at radius 1 is 0.253 bits per heavy atom. The van der Waals surface area contributed by atoms with Crippen molar-refractivity contribution in [2.24, 2.45) is 0 Å². The molecule has 0 saturated heterocycles. The molecular weight excluding hydrogens is 963 g/mol. The van der Waals surface area contributed by atoms with Gasteiger partial charge in [-0.15, -0.1) is 0 Å². The molecule has 0 bridgehead atoms. The van der Waals surface area contributed by atoms with Crippen molar-refractivity contribution in [3.8, 4) is 0 Å². The number of rotatable bonds is 72. The first-order chi connectivity index (χ1) is 39.2. The summed E-state index contributed by atoms with van der Waals surface area (Å²) in [6.07, 6.45) is 94.9. The predicted octanol–water partition coefficient (Wildman–Crippen LogP) is 25.8. The van der Waals surface area contributed by atoms with Gasteiger partial charge in [0.15, 0.2) is 0 Å². The van der Waals surface area contributed by atoms with Crippen molar-refractivity contribution in [3.05, 3.63) is 0 Å². The molecule has 1 amide bonds. The highest BCUT2D eigenvalue weighted by Crippen LogP contribution is 2.21. The maximum absolute atomic E-state index is 12.6. The van der Waals surface area contributed by atoms with Crippen LogP contribution in [0, 0.1) is 0 Å². The Kier molecular flexibility index (Phi) is 71.1. The van der Waals surface area contributed by atoms with Gasteiger partial charge in [0, 0.05) is 6.42 Å². The molecular formula is C75H151NO3. The molecule has 0 saturated carbocycles. The summed E-state index contributed by atoms with van der Waals surface area (Å²) in [5.74, 6) is -0.0184. The Morgan fingerprint density at radius 2 is 0.405 bits per heavy atom. The smallest absolute Gasteiger partial charge is 0.220 e. The third kappa shape index (κ3) is 68.1. The van der Waals surface area contributed by atoms with Gasteiger partial charge in [-0.25, -0.2) is 0 Å². The fourth-order valence-corrected chi connectivity index (χ4v) is 12.7. The highest BCUT2D eigenvalue weighted by Gasteiger charge is 2.20. The number of carbonyl (C=O) groups is 1. The van der Waals surface area contributed by atoms with Crippen LogP contribution in [0.4, 0.5) is 0 Å². The Labute approximate surface area is 499 Å². The average molecular weight is 1120 g/mol. The van der Waals surface area contributed by atoms with E-state index in [2.05, 4.69) is 19.2 Å². The van der Waals surface area contributed by atoms with Crippen LogP contribution in [0.3, 0.4) is 0 Å². The molecule has 0 fully saturated rings. The van der Waals surface area contributed by atoms with Crippen LogP contribution in [-0.4, -0.2) is 34.9 Å². The summed E-state index contributed by atoms with van der Waals surface area (Å²) in [4.78, 5) is 12.6. The summed E-state index contributed by atoms with van der Waals surface area (Å²) in [5.41, 5.74) is 0. The zero-order valence-electron chi connectivity index (χ0n) is 55.0. The molecule has 3 N–H and O–H groups in total. The van der Waals surface area contributed by atoms with E-state index in [-0.39, 0.29) is 12.5 Å². The van der Waals surface area contributed by atoms with Crippen LogP contribution in [-0.2, 0) is 4.79 Å². The van der Waals surface area contributed by atoms with Gasteiger partial charge in [0.1, 0.15) is 0 Å². The van der Waals surface area contributed by atoms with Gasteiger partial charge in [0.05, 0.1) is 18.8 Å². The predicted molar refractivity (Wildman–Crippen MR) is 355 cm³/mol. The Hall–Kier alpha value is -0.610. The Morgan fingerprint density at radius 3 is 0.570 bits per heavy atom. The lowest BCUT2D eigenvalue weighted by Gasteiger charge is -2.22. The van der Waals surface area contributed by atoms with E-state index in [4.69, 9.17) is 0 Å². The van der Waals surface area contributed by atoms with Crippen molar-refractivity contribution < 1.29 is 15.0 Å². The molecule has 0 aromatic heterocycles. The second-order valence-corrected chi connectivity index (χ2v) is 26.4. The zero-order chi connectivity index (χ0) is 56.9. The number of aliphatic hydroxyl groups excluding tert-OH is 2. The number of aliphatic hydroxyl groups is 2. The van der Waals surface area contributed by atoms with Crippen molar-refractivity contribution in [2.75, 3.05) is 6.61 Å². The summed E-state index contributed by atoms with van der Waals surface area (Å²) >= 11 is 0. The van der Waals surface area contributed by atoms with E-state index in [1.807, 2.05) is 0 Å². The molecule has 0 radical (unpaired) electrons. The molecule has 0 heterocycles. The van der Waals surface area contributed by atoms with Crippen molar-refractivity contribution in [2.45, 2.75) is 469 Å². The van der Waals surface area contributed by atoms with Crippen molar-refractivity contribution >= 4 is 5.91 Å². The first-order valence-electron chi connectivity index (χ1n) is 37.7. The highest BCUT2D eigenvalue weighted by atomic mass is 16.3. The van der Waals surface area contributed by atoms with E-state index < -0.39 is 12.1 Å². The van der Waals surface area contributed by atoms with Gasteiger partial charge < -0.3 is 15.5 Å². The molecule has 4 nitrogen and oxygen atoms in total. The third-order valence-corrected chi connectivity index (χ3v) is 18.4. The normalized spacial score (nSPS) is 12.5. The minimum absolute atomic E-state index is 0.0184. The fraction of sp³-hybridized carbons (Fsp3) is 0.987. The number of hydrogen-bond acceptors (Lipinski definition) is 3. The fourth-order valence-electron chi connectivity index (χ4n) is 12.7. The van der Waals surface area contributed by atoms with Crippen LogP contribution in [0.2, 0.25) is 0 Å². The lowest BCUT2D eigenvalue weighted by atomic mass is 10.0. The van der Waals surface area contributed by atoms with Crippen molar-refractivity contribution in [1.82, 2.24) is 5.32 Å². The minimum atomic E-state index is -0.657. The highest BCUT2D eigenvalue weighted by molar-refractivity contribution is 5.76. The SMILES string of the molecule is CCCCCCCCCCCCCCCCCCCCCCCCCCCCCCCCCCCCCCCC(=O)NC(CO)C(O)CCCCCCCCCCCCCCCCCCCCCCCCCCCCCCCC. The number of unbranched alkanes of at least 4 members (excludes halogenated alkanes) is 65. The maximum atomic E-state index is 12.6. The lowest BCUT2D eigenvalue weighted by molar-refractivity contribution is -0.123. The molecule has 0 aromatic carbocycles. The summed E-state index contributed by atoms with van der Waals surface area (Å²) in [7, 11) is 0. The van der Waals surface area contributed by atoms with Gasteiger partial charge in [-0.2, -0.15) is 0 Å². The maximum Gasteiger partial charge on any atom is 0.220 e. The van der Waals surface area contributed by atoms with Crippen LogP contribution < -0.4 is 5.32 Å². The monoisotopic (exact) mass is 1110 g/mol. The van der Waals surface area contributed by atoms with E-state index >= 15 is 0 Å². The standard InChI is InChI=1S/C75H151NO3/c1-3-5-7-9-11-13-15-17-19-21-23-25-27-29-31-33-35-36-37-38-39-40-41-43-45-47-49-51-53-55-57-59-61-63-65-67-69-71-75(79)76-73(72-77)74(78)70-68-66-64-62-60-58-56-54-52-50-48-46-44-42-34-32-30-28-26-24-22-20-18-16-14-12-10-8-6-4-2/h73-74,77-78H,3-72H2,1-2H3,(H,76,79). The Balaban J connectivity index is 3.33. The van der Waals surface area contributed by atoms with Crippen LogP contribution in [0.25, 0.3) is 0 Å². The third-order valence-electron chi connectivity index (χ3n) is 18.4. The summed E-state index contributed by atoms with van der Waals surface area (Å²) in [6, 6.07) is -0.533. The van der Waals surface area contributed by atoms with Crippen LogP contribution in [0.15, 0.2) is 0 Å². The van der Waals surface area contributed by atoms with Crippen LogP contribution in [0.1, 0.15) is 457 Å². The van der Waals surface area contributed by atoms with Crippen molar-refractivity contribution in [3.63, 3.8) is 0 Å². The molecule has 4 heteroatoms. The number of amides is 1.